The largest absolute Gasteiger partial charge is 0.359 e. The number of carbonyl (C=O) groups is 2. The average Bonchev–Trinajstić information content (AvgIpc) is 2.15. The lowest BCUT2D eigenvalue weighted by Crippen LogP contribution is -2.39. The molecule has 0 aromatic carbocycles. The summed E-state index contributed by atoms with van der Waals surface area (Å²) in [5.41, 5.74) is 0. The van der Waals surface area contributed by atoms with Crippen LogP contribution in [0.3, 0.4) is 0 Å². The Bertz CT molecular complexity index is 193. The van der Waals surface area contributed by atoms with Crippen LogP contribution in [-0.2, 0) is 9.59 Å². The van der Waals surface area contributed by atoms with E-state index >= 15 is 0 Å². The molecule has 1 amide bonds. The van der Waals surface area contributed by atoms with E-state index in [0.717, 1.165) is 19.3 Å². The molecule has 0 saturated heterocycles. The maximum atomic E-state index is 11.3. The van der Waals surface area contributed by atoms with Gasteiger partial charge in [0.05, 0.1) is 6.04 Å². The zero-order valence-corrected chi connectivity index (χ0v) is 9.88. The first kappa shape index (κ1) is 14.1. The quantitative estimate of drug-likeness (QED) is 0.442. The predicted octanol–water partition coefficient (Wildman–Crippen LogP) is 0.858. The van der Waals surface area contributed by atoms with Crippen molar-refractivity contribution in [1.29, 1.82) is 0 Å². The van der Waals surface area contributed by atoms with Gasteiger partial charge in [-0.3, -0.25) is 9.59 Å². The Hall–Kier alpha value is -0.900. The molecule has 0 aromatic rings. The van der Waals surface area contributed by atoms with E-state index < -0.39 is 0 Å². The van der Waals surface area contributed by atoms with Crippen molar-refractivity contribution in [2.45, 2.75) is 52.1 Å². The summed E-state index contributed by atoms with van der Waals surface area (Å²) in [4.78, 5) is 21.2. The van der Waals surface area contributed by atoms with E-state index in [0.29, 0.717) is 19.0 Å². The fourth-order valence-electron chi connectivity index (χ4n) is 1.44. The molecule has 0 fully saturated rings. The van der Waals surface area contributed by atoms with E-state index in [-0.39, 0.29) is 11.8 Å². The van der Waals surface area contributed by atoms with Crippen molar-refractivity contribution in [2.24, 2.45) is 0 Å². The molecule has 0 bridgehead atoms. The summed E-state index contributed by atoms with van der Waals surface area (Å²) in [5, 5.41) is 5.84. The Labute approximate surface area is 91.8 Å². The summed E-state index contributed by atoms with van der Waals surface area (Å²) >= 11 is 0. The number of amides is 1. The summed E-state index contributed by atoms with van der Waals surface area (Å²) in [6.07, 6.45) is 3.41. The van der Waals surface area contributed by atoms with Gasteiger partial charge in [0.15, 0.2) is 0 Å². The fraction of sp³-hybridized carbons (Fsp3) is 0.818. The van der Waals surface area contributed by atoms with E-state index in [2.05, 4.69) is 10.6 Å². The van der Waals surface area contributed by atoms with E-state index in [1.54, 1.807) is 6.92 Å². The lowest BCUT2D eigenvalue weighted by molar-refractivity contribution is -0.119. The highest BCUT2D eigenvalue weighted by Gasteiger charge is 2.13. The summed E-state index contributed by atoms with van der Waals surface area (Å²) in [6.45, 7) is 6.37. The van der Waals surface area contributed by atoms with Gasteiger partial charge in [-0.25, -0.2) is 0 Å². The zero-order valence-electron chi connectivity index (χ0n) is 9.88. The number of hydrogen-bond donors (Lipinski definition) is 2. The van der Waals surface area contributed by atoms with Crippen molar-refractivity contribution in [3.05, 3.63) is 0 Å². The second kappa shape index (κ2) is 8.41. The fourth-order valence-corrected chi connectivity index (χ4v) is 1.44. The number of carbonyl (C=O) groups excluding carboxylic acids is 2. The number of ketones is 1. The Morgan fingerprint density at radius 2 is 2.00 bits per heavy atom. The number of unbranched alkanes of at least 4 members (excludes halogenated alkanes) is 1. The Morgan fingerprint density at radius 1 is 1.33 bits per heavy atom. The molecule has 0 aliphatic rings. The first-order chi connectivity index (χ1) is 7.07. The average molecular weight is 214 g/mol. The first-order valence-corrected chi connectivity index (χ1v) is 5.51. The van der Waals surface area contributed by atoms with Crippen LogP contribution in [0.4, 0.5) is 0 Å². The van der Waals surface area contributed by atoms with E-state index in [1.807, 2.05) is 13.8 Å². The van der Waals surface area contributed by atoms with Crippen molar-refractivity contribution >= 4 is 12.2 Å². The van der Waals surface area contributed by atoms with Crippen molar-refractivity contribution in [3.63, 3.8) is 0 Å². The van der Waals surface area contributed by atoms with Gasteiger partial charge in [-0.15, -0.1) is 0 Å². The molecule has 0 saturated carbocycles. The summed E-state index contributed by atoms with van der Waals surface area (Å²) in [7, 11) is 0. The van der Waals surface area contributed by atoms with Gasteiger partial charge in [0.2, 0.25) is 6.41 Å². The van der Waals surface area contributed by atoms with Crippen LogP contribution in [0.5, 0.6) is 0 Å². The third kappa shape index (κ3) is 8.12. The molecule has 0 aliphatic heterocycles. The van der Waals surface area contributed by atoms with Gasteiger partial charge in [-0.2, -0.15) is 0 Å². The molecular formula is C11H22N2O2. The van der Waals surface area contributed by atoms with Crippen LogP contribution < -0.4 is 10.6 Å². The molecule has 0 radical (unpaired) electrons. The van der Waals surface area contributed by atoms with Crippen LogP contribution in [0.25, 0.3) is 0 Å². The smallest absolute Gasteiger partial charge is 0.207 e. The predicted molar refractivity (Wildman–Crippen MR) is 60.7 cm³/mol. The molecule has 0 spiro atoms. The first-order valence-electron chi connectivity index (χ1n) is 5.51. The zero-order chi connectivity index (χ0) is 11.7. The maximum Gasteiger partial charge on any atom is 0.207 e. The van der Waals surface area contributed by atoms with Crippen molar-refractivity contribution in [2.75, 3.05) is 6.54 Å². The third-order valence-corrected chi connectivity index (χ3v) is 2.17. The van der Waals surface area contributed by atoms with Crippen molar-refractivity contribution < 1.29 is 9.59 Å². The summed E-state index contributed by atoms with van der Waals surface area (Å²) < 4.78 is 0. The second-order valence-electron chi connectivity index (χ2n) is 4.05. The summed E-state index contributed by atoms with van der Waals surface area (Å²) in [5.74, 6) is 0.187. The minimum atomic E-state index is -0.0405. The highest BCUT2D eigenvalue weighted by atomic mass is 16.1. The van der Waals surface area contributed by atoms with Crippen molar-refractivity contribution in [1.82, 2.24) is 10.6 Å². The molecule has 4 heteroatoms. The standard InChI is InChI=1S/C11H22N2O2/c1-9(2)13-11(10(3)15)6-4-5-7-12-8-14/h8-9,11,13H,4-7H2,1-3H3,(H,12,14). The topological polar surface area (TPSA) is 58.2 Å². The highest BCUT2D eigenvalue weighted by Crippen LogP contribution is 2.02. The second-order valence-corrected chi connectivity index (χ2v) is 4.05. The van der Waals surface area contributed by atoms with Gasteiger partial charge in [-0.05, 0) is 26.2 Å². The SMILES string of the molecule is CC(=O)C(CCCCNC=O)NC(C)C. The Balaban J connectivity index is 3.66. The van der Waals surface area contributed by atoms with E-state index in [1.165, 1.54) is 0 Å². The molecule has 0 heterocycles. The van der Waals surface area contributed by atoms with Crippen LogP contribution in [0.2, 0.25) is 0 Å². The van der Waals surface area contributed by atoms with Gasteiger partial charge in [0.25, 0.3) is 0 Å². The molecule has 0 aliphatic carbocycles. The Morgan fingerprint density at radius 3 is 2.47 bits per heavy atom. The Kier molecular flexibility index (Phi) is 7.91. The molecule has 2 N–H and O–H groups in total. The molecule has 15 heavy (non-hydrogen) atoms. The van der Waals surface area contributed by atoms with Crippen LogP contribution in [0.15, 0.2) is 0 Å². The number of rotatable bonds is 9. The normalized spacial score (nSPS) is 12.5. The minimum Gasteiger partial charge on any atom is -0.359 e. The third-order valence-electron chi connectivity index (χ3n) is 2.17. The molecular weight excluding hydrogens is 192 g/mol. The maximum absolute atomic E-state index is 11.3. The van der Waals surface area contributed by atoms with Gasteiger partial charge in [0, 0.05) is 12.6 Å². The van der Waals surface area contributed by atoms with Gasteiger partial charge in [-0.1, -0.05) is 13.8 Å². The van der Waals surface area contributed by atoms with Crippen LogP contribution in [0.1, 0.15) is 40.0 Å². The number of nitrogens with one attached hydrogen (secondary N) is 2. The molecule has 1 unspecified atom stereocenters. The van der Waals surface area contributed by atoms with Crippen LogP contribution in [0, 0.1) is 0 Å². The number of Topliss-reactive ketones (excluding diaryl/α,β-unsaturated/α-hetero) is 1. The van der Waals surface area contributed by atoms with Gasteiger partial charge >= 0.3 is 0 Å². The van der Waals surface area contributed by atoms with Crippen LogP contribution in [-0.4, -0.2) is 30.8 Å². The number of hydrogen-bond acceptors (Lipinski definition) is 3. The van der Waals surface area contributed by atoms with Gasteiger partial charge < -0.3 is 10.6 Å². The molecule has 0 rings (SSSR count). The van der Waals surface area contributed by atoms with Gasteiger partial charge in [0.1, 0.15) is 5.78 Å². The molecule has 4 nitrogen and oxygen atoms in total. The van der Waals surface area contributed by atoms with E-state index in [9.17, 15) is 9.59 Å². The van der Waals surface area contributed by atoms with Crippen LogP contribution >= 0.6 is 0 Å². The lowest BCUT2D eigenvalue weighted by Gasteiger charge is -2.18. The molecule has 0 aromatic heterocycles. The van der Waals surface area contributed by atoms with Crippen molar-refractivity contribution in [3.8, 4) is 0 Å². The molecule has 88 valence electrons. The van der Waals surface area contributed by atoms with E-state index in [4.69, 9.17) is 0 Å². The monoisotopic (exact) mass is 214 g/mol. The minimum absolute atomic E-state index is 0.0405. The lowest BCUT2D eigenvalue weighted by atomic mass is 10.1. The highest BCUT2D eigenvalue weighted by molar-refractivity contribution is 5.81. The summed E-state index contributed by atoms with van der Waals surface area (Å²) in [6, 6.07) is 0.285. The molecule has 1 atom stereocenters.